The van der Waals surface area contributed by atoms with E-state index in [2.05, 4.69) is 37.4 Å². The topological polar surface area (TPSA) is 12.0 Å². The van der Waals surface area contributed by atoms with Crippen molar-refractivity contribution >= 4 is 28.9 Å². The van der Waals surface area contributed by atoms with E-state index in [1.807, 2.05) is 6.92 Å². The van der Waals surface area contributed by atoms with Crippen LogP contribution in [0.4, 0.5) is 10.1 Å². The van der Waals surface area contributed by atoms with Gasteiger partial charge < -0.3 is 5.32 Å². The largest absolute Gasteiger partial charge is 0.378 e. The van der Waals surface area contributed by atoms with E-state index >= 15 is 0 Å². The molecule has 0 saturated heterocycles. The minimum absolute atomic E-state index is 0.0209. The fourth-order valence-corrected chi connectivity index (χ4v) is 2.72. The van der Waals surface area contributed by atoms with Crippen molar-refractivity contribution < 1.29 is 4.39 Å². The van der Waals surface area contributed by atoms with E-state index in [1.54, 1.807) is 12.1 Å². The summed E-state index contributed by atoms with van der Waals surface area (Å²) in [7, 11) is 0. The molecule has 1 N–H and O–H groups in total. The van der Waals surface area contributed by atoms with Crippen molar-refractivity contribution in [3.8, 4) is 0 Å². The molecule has 0 saturated carbocycles. The number of benzene rings is 2. The van der Waals surface area contributed by atoms with Gasteiger partial charge in [0.2, 0.25) is 0 Å². The molecule has 0 amide bonds. The molecule has 1 nitrogen and oxygen atoms in total. The lowest BCUT2D eigenvalue weighted by Gasteiger charge is -2.17. The molecule has 1 unspecified atom stereocenters. The zero-order valence-corrected chi connectivity index (χ0v) is 13.1. The molecule has 2 aromatic rings. The van der Waals surface area contributed by atoms with Crippen LogP contribution < -0.4 is 5.32 Å². The third kappa shape index (κ3) is 3.44. The molecule has 0 aliphatic carbocycles. The molecule has 4 heteroatoms. The molecule has 0 spiro atoms. The highest BCUT2D eigenvalue weighted by molar-refractivity contribution is 6.35. The van der Waals surface area contributed by atoms with Gasteiger partial charge in [0.25, 0.3) is 0 Å². The first-order valence-corrected chi connectivity index (χ1v) is 7.11. The third-order valence-corrected chi connectivity index (χ3v) is 3.66. The van der Waals surface area contributed by atoms with Gasteiger partial charge in [-0.2, -0.15) is 0 Å². The molecule has 2 aromatic carbocycles. The van der Waals surface area contributed by atoms with E-state index in [0.29, 0.717) is 5.69 Å². The highest BCUT2D eigenvalue weighted by Crippen LogP contribution is 2.29. The zero-order chi connectivity index (χ0) is 14.9. The molecule has 20 heavy (non-hydrogen) atoms. The molecule has 0 heterocycles. The first-order chi connectivity index (χ1) is 9.36. The van der Waals surface area contributed by atoms with E-state index < -0.39 is 5.82 Å². The van der Waals surface area contributed by atoms with Gasteiger partial charge in [-0.1, -0.05) is 52.5 Å². The van der Waals surface area contributed by atoms with Crippen molar-refractivity contribution in [3.63, 3.8) is 0 Å². The van der Waals surface area contributed by atoms with Gasteiger partial charge in [-0.25, -0.2) is 4.39 Å². The van der Waals surface area contributed by atoms with Gasteiger partial charge in [-0.3, -0.25) is 0 Å². The summed E-state index contributed by atoms with van der Waals surface area (Å²) in [6.07, 6.45) is 0. The van der Waals surface area contributed by atoms with Crippen molar-refractivity contribution in [1.82, 2.24) is 0 Å². The Morgan fingerprint density at radius 3 is 1.95 bits per heavy atom. The predicted octanol–water partition coefficient (Wildman–Crippen LogP) is 5.92. The summed E-state index contributed by atoms with van der Waals surface area (Å²) >= 11 is 11.6. The van der Waals surface area contributed by atoms with Crippen molar-refractivity contribution in [2.24, 2.45) is 0 Å². The summed E-state index contributed by atoms with van der Waals surface area (Å²) in [6, 6.07) is 9.53. The second-order valence-electron chi connectivity index (χ2n) is 5.04. The molecule has 0 bridgehead atoms. The lowest BCUT2D eigenvalue weighted by Crippen LogP contribution is -2.07. The van der Waals surface area contributed by atoms with Crippen molar-refractivity contribution in [2.45, 2.75) is 26.8 Å². The maximum atomic E-state index is 13.4. The lowest BCUT2D eigenvalue weighted by atomic mass is 10.0. The van der Waals surface area contributed by atoms with Gasteiger partial charge in [-0.15, -0.1) is 0 Å². The lowest BCUT2D eigenvalue weighted by molar-refractivity contribution is 0.628. The molecule has 0 radical (unpaired) electrons. The fraction of sp³-hybridized carbons (Fsp3) is 0.250. The van der Waals surface area contributed by atoms with Crippen LogP contribution in [0, 0.1) is 19.7 Å². The number of nitrogens with one attached hydrogen (secondary N) is 1. The molecule has 0 aromatic heterocycles. The quantitative estimate of drug-likeness (QED) is 0.693. The summed E-state index contributed by atoms with van der Waals surface area (Å²) < 4.78 is 13.4. The summed E-state index contributed by atoms with van der Waals surface area (Å²) in [4.78, 5) is 0. The Balaban J connectivity index is 2.25. The molecule has 1 atom stereocenters. The van der Waals surface area contributed by atoms with Crippen LogP contribution in [-0.4, -0.2) is 0 Å². The van der Waals surface area contributed by atoms with Crippen molar-refractivity contribution in [2.75, 3.05) is 5.32 Å². The molecule has 106 valence electrons. The fourth-order valence-electron chi connectivity index (χ4n) is 2.23. The van der Waals surface area contributed by atoms with Crippen LogP contribution in [0.5, 0.6) is 0 Å². The first-order valence-electron chi connectivity index (χ1n) is 6.36. The van der Waals surface area contributed by atoms with Crippen LogP contribution in [0.3, 0.4) is 0 Å². The van der Waals surface area contributed by atoms with Crippen LogP contribution in [-0.2, 0) is 0 Å². The SMILES string of the molecule is Cc1cc(C)cc(C(C)Nc2cc(Cl)c(F)c(Cl)c2)c1. The monoisotopic (exact) mass is 311 g/mol. The number of halogens is 3. The van der Waals surface area contributed by atoms with Crippen LogP contribution in [0.25, 0.3) is 0 Å². The zero-order valence-electron chi connectivity index (χ0n) is 11.6. The second-order valence-corrected chi connectivity index (χ2v) is 5.86. The molecular formula is C16H16Cl2FN. The Hall–Kier alpha value is -1.25. The molecule has 0 aliphatic rings. The minimum Gasteiger partial charge on any atom is -0.378 e. The van der Waals surface area contributed by atoms with Gasteiger partial charge >= 0.3 is 0 Å². The second kappa shape index (κ2) is 6.02. The summed E-state index contributed by atoms with van der Waals surface area (Å²) in [5, 5.41) is 3.33. The van der Waals surface area contributed by atoms with E-state index in [1.165, 1.54) is 16.7 Å². The van der Waals surface area contributed by atoms with Gasteiger partial charge in [-0.05, 0) is 38.5 Å². The number of rotatable bonds is 3. The van der Waals surface area contributed by atoms with Gasteiger partial charge in [0.15, 0.2) is 5.82 Å². The van der Waals surface area contributed by atoms with Crippen LogP contribution in [0.15, 0.2) is 30.3 Å². The molecule has 0 fully saturated rings. The first kappa shape index (κ1) is 15.1. The van der Waals surface area contributed by atoms with Crippen LogP contribution >= 0.6 is 23.2 Å². The normalized spacial score (nSPS) is 12.3. The van der Waals surface area contributed by atoms with Crippen molar-refractivity contribution in [1.29, 1.82) is 0 Å². The Labute approximate surface area is 128 Å². The van der Waals surface area contributed by atoms with Gasteiger partial charge in [0.05, 0.1) is 10.0 Å². The highest BCUT2D eigenvalue weighted by atomic mass is 35.5. The Bertz CT molecular complexity index is 597. The van der Waals surface area contributed by atoms with E-state index in [9.17, 15) is 4.39 Å². The average Bonchev–Trinajstić information content (AvgIpc) is 2.34. The smallest absolute Gasteiger partial charge is 0.160 e. The number of aryl methyl sites for hydroxylation is 2. The third-order valence-electron chi connectivity index (χ3n) is 3.11. The number of hydrogen-bond donors (Lipinski definition) is 1. The molecule has 0 aliphatic heterocycles. The number of anilines is 1. The van der Waals surface area contributed by atoms with E-state index in [-0.39, 0.29) is 16.1 Å². The number of hydrogen-bond acceptors (Lipinski definition) is 1. The van der Waals surface area contributed by atoms with Gasteiger partial charge in [0, 0.05) is 11.7 Å². The Kier molecular flexibility index (Phi) is 4.56. The summed E-state index contributed by atoms with van der Waals surface area (Å²) in [6.45, 7) is 6.17. The predicted molar refractivity (Wildman–Crippen MR) is 84.4 cm³/mol. The maximum Gasteiger partial charge on any atom is 0.160 e. The van der Waals surface area contributed by atoms with Crippen LogP contribution in [0.1, 0.15) is 29.7 Å². The maximum absolute atomic E-state index is 13.4. The van der Waals surface area contributed by atoms with Crippen LogP contribution in [0.2, 0.25) is 10.0 Å². The Morgan fingerprint density at radius 2 is 1.45 bits per heavy atom. The van der Waals surface area contributed by atoms with E-state index in [4.69, 9.17) is 23.2 Å². The standard InChI is InChI=1S/C16H16Cl2FN/c1-9-4-10(2)6-12(5-9)11(3)20-13-7-14(17)16(19)15(18)8-13/h4-8,11,20H,1-3H3. The molecular weight excluding hydrogens is 296 g/mol. The summed E-state index contributed by atoms with van der Waals surface area (Å²) in [5.74, 6) is -0.585. The highest BCUT2D eigenvalue weighted by Gasteiger charge is 2.11. The van der Waals surface area contributed by atoms with Crippen molar-refractivity contribution in [3.05, 3.63) is 62.9 Å². The average molecular weight is 312 g/mol. The molecule has 2 rings (SSSR count). The minimum atomic E-state index is -0.585. The van der Waals surface area contributed by atoms with E-state index in [0.717, 1.165) is 0 Å². The summed E-state index contributed by atoms with van der Waals surface area (Å²) in [5.41, 5.74) is 4.29. The van der Waals surface area contributed by atoms with Gasteiger partial charge in [0.1, 0.15) is 0 Å². The Morgan fingerprint density at radius 1 is 0.950 bits per heavy atom.